The van der Waals surface area contributed by atoms with Gasteiger partial charge in [0.1, 0.15) is 0 Å². The van der Waals surface area contributed by atoms with Crippen molar-refractivity contribution in [1.29, 1.82) is 0 Å². The van der Waals surface area contributed by atoms with Crippen molar-refractivity contribution in [1.82, 2.24) is 10.3 Å². The molecule has 0 fully saturated rings. The number of hydrogen-bond donors (Lipinski definition) is 3. The molecule has 0 spiro atoms. The number of nitrogens with one attached hydrogen (secondary N) is 2. The predicted octanol–water partition coefficient (Wildman–Crippen LogP) is 2.40. The van der Waals surface area contributed by atoms with E-state index in [-0.39, 0.29) is 0 Å². The summed E-state index contributed by atoms with van der Waals surface area (Å²) in [5, 5.41) is 15.9. The molecular formula is C13H13N3O3S. The molecule has 20 heavy (non-hydrogen) atoms. The minimum atomic E-state index is -1.11. The quantitative estimate of drug-likeness (QED) is 0.806. The number of urea groups is 1. The first-order valence-electron chi connectivity index (χ1n) is 5.82. The maximum Gasteiger partial charge on any atom is 0.331 e. The number of nitrogens with zero attached hydrogens (tertiary/aromatic N) is 1. The number of aromatic nitrogens is 1. The second-order valence-electron chi connectivity index (χ2n) is 4.07. The van der Waals surface area contributed by atoms with Crippen LogP contribution in [0.25, 0.3) is 0 Å². The Labute approximate surface area is 119 Å². The molecule has 0 radical (unpaired) electrons. The molecule has 0 aliphatic heterocycles. The summed E-state index contributed by atoms with van der Waals surface area (Å²) < 4.78 is 0. The largest absolute Gasteiger partial charge is 0.479 e. The van der Waals surface area contributed by atoms with Crippen LogP contribution in [0.3, 0.4) is 0 Å². The summed E-state index contributed by atoms with van der Waals surface area (Å²) in [6.07, 6.45) is 1.51. The van der Waals surface area contributed by atoms with Gasteiger partial charge in [0.25, 0.3) is 0 Å². The Morgan fingerprint density at radius 3 is 2.70 bits per heavy atom. The van der Waals surface area contributed by atoms with E-state index in [9.17, 15) is 9.59 Å². The minimum Gasteiger partial charge on any atom is -0.479 e. The zero-order valence-electron chi connectivity index (χ0n) is 10.7. The summed E-state index contributed by atoms with van der Waals surface area (Å²) in [6, 6.07) is 5.20. The van der Waals surface area contributed by atoms with Crippen molar-refractivity contribution in [2.45, 2.75) is 13.0 Å². The van der Waals surface area contributed by atoms with Gasteiger partial charge in [-0.15, -0.1) is 11.3 Å². The lowest BCUT2D eigenvalue weighted by Crippen LogP contribution is -2.36. The zero-order valence-corrected chi connectivity index (χ0v) is 11.5. The second-order valence-corrected chi connectivity index (χ2v) is 5.05. The molecule has 7 heteroatoms. The summed E-state index contributed by atoms with van der Waals surface area (Å²) in [7, 11) is 0. The minimum absolute atomic E-state index is 0.503. The molecule has 2 aromatic rings. The topological polar surface area (TPSA) is 91.3 Å². The highest BCUT2D eigenvalue weighted by Crippen LogP contribution is 2.19. The molecule has 0 bridgehead atoms. The Balaban J connectivity index is 2.02. The third-order valence-corrected chi connectivity index (χ3v) is 3.46. The first kappa shape index (κ1) is 14.0. The average Bonchev–Trinajstić information content (AvgIpc) is 2.92. The molecule has 0 saturated heterocycles. The molecule has 1 atom stereocenters. The number of carboxylic acid groups (broad SMARTS) is 1. The van der Waals surface area contributed by atoms with E-state index in [1.165, 1.54) is 17.5 Å². The number of carbonyl (C=O) groups is 2. The van der Waals surface area contributed by atoms with Crippen LogP contribution in [-0.4, -0.2) is 22.1 Å². The molecule has 104 valence electrons. The Bertz CT molecular complexity index is 596. The fraction of sp³-hybridized carbons (Fsp3) is 0.154. The van der Waals surface area contributed by atoms with Crippen LogP contribution >= 0.6 is 11.3 Å². The highest BCUT2D eigenvalue weighted by Gasteiger charge is 2.22. The van der Waals surface area contributed by atoms with Gasteiger partial charge in [-0.1, -0.05) is 6.07 Å². The molecule has 2 amide bonds. The van der Waals surface area contributed by atoms with Crippen LogP contribution in [0.5, 0.6) is 0 Å². The SMILES string of the molecule is Cc1ccc(NC(=O)NC(C(=O)O)c2cccs2)cn1. The van der Waals surface area contributed by atoms with Gasteiger partial charge >= 0.3 is 12.0 Å². The molecule has 2 aromatic heterocycles. The summed E-state index contributed by atoms with van der Waals surface area (Å²) in [4.78, 5) is 27.6. The number of anilines is 1. The standard InChI is InChI=1S/C13H13N3O3S/c1-8-4-5-9(7-14-8)15-13(19)16-11(12(17)18)10-3-2-6-20-10/h2-7,11H,1H3,(H,17,18)(H2,15,16,19). The third-order valence-electron chi connectivity index (χ3n) is 2.52. The number of rotatable bonds is 4. The first-order chi connectivity index (χ1) is 9.56. The van der Waals surface area contributed by atoms with Gasteiger partial charge in [0, 0.05) is 10.6 Å². The molecule has 6 nitrogen and oxygen atoms in total. The van der Waals surface area contributed by atoms with Crippen molar-refractivity contribution < 1.29 is 14.7 Å². The fourth-order valence-corrected chi connectivity index (χ4v) is 2.32. The molecule has 3 N–H and O–H groups in total. The van der Waals surface area contributed by atoms with E-state index in [0.717, 1.165) is 5.69 Å². The molecular weight excluding hydrogens is 278 g/mol. The fourth-order valence-electron chi connectivity index (χ4n) is 1.55. The average molecular weight is 291 g/mol. The first-order valence-corrected chi connectivity index (χ1v) is 6.70. The van der Waals surface area contributed by atoms with E-state index in [4.69, 9.17) is 5.11 Å². The van der Waals surface area contributed by atoms with Crippen molar-refractivity contribution in [2.75, 3.05) is 5.32 Å². The normalized spacial score (nSPS) is 11.7. The summed E-state index contributed by atoms with van der Waals surface area (Å²) in [6.45, 7) is 1.83. The lowest BCUT2D eigenvalue weighted by molar-refractivity contribution is -0.139. The number of hydrogen-bond acceptors (Lipinski definition) is 4. The van der Waals surface area contributed by atoms with Gasteiger partial charge in [0.05, 0.1) is 11.9 Å². The van der Waals surface area contributed by atoms with Crippen molar-refractivity contribution in [2.24, 2.45) is 0 Å². The number of amides is 2. The second kappa shape index (κ2) is 6.16. The van der Waals surface area contributed by atoms with E-state index >= 15 is 0 Å². The van der Waals surface area contributed by atoms with Gasteiger partial charge in [-0.2, -0.15) is 0 Å². The van der Waals surface area contributed by atoms with Crippen LogP contribution < -0.4 is 10.6 Å². The van der Waals surface area contributed by atoms with Crippen molar-refractivity contribution in [3.8, 4) is 0 Å². The molecule has 0 saturated carbocycles. The molecule has 2 heterocycles. The number of carbonyl (C=O) groups excluding carboxylic acids is 1. The van der Waals surface area contributed by atoms with Crippen molar-refractivity contribution >= 4 is 29.0 Å². The Hall–Kier alpha value is -2.41. The highest BCUT2D eigenvalue weighted by atomic mass is 32.1. The van der Waals surface area contributed by atoms with Gasteiger partial charge < -0.3 is 15.7 Å². The maximum absolute atomic E-state index is 11.8. The van der Waals surface area contributed by atoms with Crippen LogP contribution in [-0.2, 0) is 4.79 Å². The van der Waals surface area contributed by atoms with Gasteiger partial charge in [-0.3, -0.25) is 4.98 Å². The van der Waals surface area contributed by atoms with Crippen LogP contribution in [0.15, 0.2) is 35.8 Å². The Morgan fingerprint density at radius 2 is 2.15 bits per heavy atom. The van der Waals surface area contributed by atoms with Crippen molar-refractivity contribution in [3.05, 3.63) is 46.4 Å². The van der Waals surface area contributed by atoms with Gasteiger partial charge in [0.15, 0.2) is 6.04 Å². The van der Waals surface area contributed by atoms with Gasteiger partial charge in [-0.05, 0) is 30.5 Å². The molecule has 1 unspecified atom stereocenters. The number of pyridine rings is 1. The third kappa shape index (κ3) is 3.55. The van der Waals surface area contributed by atoms with Crippen LogP contribution in [0, 0.1) is 6.92 Å². The van der Waals surface area contributed by atoms with E-state index in [2.05, 4.69) is 15.6 Å². The smallest absolute Gasteiger partial charge is 0.331 e. The van der Waals surface area contributed by atoms with Gasteiger partial charge in [-0.25, -0.2) is 9.59 Å². The summed E-state index contributed by atoms with van der Waals surface area (Å²) in [5.41, 5.74) is 1.33. The van der Waals surface area contributed by atoms with E-state index in [1.807, 2.05) is 6.92 Å². The van der Waals surface area contributed by atoms with E-state index < -0.39 is 18.0 Å². The number of thiophene rings is 1. The van der Waals surface area contributed by atoms with Gasteiger partial charge in [0.2, 0.25) is 0 Å². The Morgan fingerprint density at radius 1 is 1.35 bits per heavy atom. The summed E-state index contributed by atoms with van der Waals surface area (Å²) >= 11 is 1.27. The van der Waals surface area contributed by atoms with Crippen molar-refractivity contribution in [3.63, 3.8) is 0 Å². The molecule has 0 aliphatic rings. The number of aliphatic carboxylic acids is 1. The Kier molecular flexibility index (Phi) is 4.31. The van der Waals surface area contributed by atoms with Crippen LogP contribution in [0.2, 0.25) is 0 Å². The lowest BCUT2D eigenvalue weighted by Gasteiger charge is -2.13. The highest BCUT2D eigenvalue weighted by molar-refractivity contribution is 7.10. The zero-order chi connectivity index (χ0) is 14.5. The monoisotopic (exact) mass is 291 g/mol. The van der Waals surface area contributed by atoms with E-state index in [0.29, 0.717) is 10.6 Å². The van der Waals surface area contributed by atoms with Crippen LogP contribution in [0.1, 0.15) is 16.6 Å². The molecule has 0 aliphatic carbocycles. The predicted molar refractivity (Wildman–Crippen MR) is 75.8 cm³/mol. The van der Waals surface area contributed by atoms with Crippen LogP contribution in [0.4, 0.5) is 10.5 Å². The number of carboxylic acids is 1. The lowest BCUT2D eigenvalue weighted by atomic mass is 10.2. The maximum atomic E-state index is 11.8. The summed E-state index contributed by atoms with van der Waals surface area (Å²) in [5.74, 6) is -1.11. The number of aryl methyl sites for hydroxylation is 1. The van der Waals surface area contributed by atoms with E-state index in [1.54, 1.807) is 29.6 Å². The molecule has 0 aromatic carbocycles. The molecule has 2 rings (SSSR count).